The Labute approximate surface area is 206 Å². The minimum absolute atomic E-state index is 0.00813. The third kappa shape index (κ3) is 9.06. The first-order valence-electron chi connectivity index (χ1n) is 10.1. The summed E-state index contributed by atoms with van der Waals surface area (Å²) in [5.74, 6) is -2.11. The standard InChI is InChI=1S/C25H22O11/c1-4-22(26)33-14-30-18-8-10-19(11-9-18)36-25(29)17-7-12-20(31-15-34-23(27)5-2)21(13-17)32-16-35-24(28)6-3/h4-13H,1-3,14-16H2. The molecule has 0 saturated heterocycles. The van der Waals surface area contributed by atoms with Crippen molar-refractivity contribution >= 4 is 23.9 Å². The fourth-order valence-electron chi connectivity index (χ4n) is 2.27. The van der Waals surface area contributed by atoms with Gasteiger partial charge < -0.3 is 33.2 Å². The van der Waals surface area contributed by atoms with Crippen LogP contribution >= 0.6 is 0 Å². The fraction of sp³-hybridized carbons (Fsp3) is 0.120. The molecule has 0 aliphatic carbocycles. The van der Waals surface area contributed by atoms with E-state index in [1.54, 1.807) is 0 Å². The van der Waals surface area contributed by atoms with Crippen molar-refractivity contribution in [1.29, 1.82) is 0 Å². The lowest BCUT2D eigenvalue weighted by atomic mass is 10.2. The lowest BCUT2D eigenvalue weighted by Crippen LogP contribution is -2.13. The van der Waals surface area contributed by atoms with Gasteiger partial charge in [0.15, 0.2) is 11.5 Å². The molecule has 2 rings (SSSR count). The predicted octanol–water partition coefficient (Wildman–Crippen LogP) is 3.10. The summed E-state index contributed by atoms with van der Waals surface area (Å²) >= 11 is 0. The molecule has 0 fully saturated rings. The van der Waals surface area contributed by atoms with Gasteiger partial charge in [0.2, 0.25) is 20.4 Å². The van der Waals surface area contributed by atoms with Crippen LogP contribution in [0.1, 0.15) is 10.4 Å². The van der Waals surface area contributed by atoms with E-state index in [-0.39, 0.29) is 29.6 Å². The van der Waals surface area contributed by atoms with Crippen molar-refractivity contribution in [2.45, 2.75) is 0 Å². The highest BCUT2D eigenvalue weighted by atomic mass is 16.7. The van der Waals surface area contributed by atoms with Crippen LogP contribution in [0.3, 0.4) is 0 Å². The Bertz CT molecular complexity index is 1120. The SMILES string of the molecule is C=CC(=O)OCOc1ccc(OC(=O)c2ccc(OCOC(=O)C=C)c(OCOC(=O)C=C)c2)cc1. The molecule has 0 N–H and O–H groups in total. The van der Waals surface area contributed by atoms with Gasteiger partial charge in [-0.3, -0.25) is 0 Å². The number of benzene rings is 2. The molecule has 0 heterocycles. The van der Waals surface area contributed by atoms with Crippen LogP contribution in [0.15, 0.2) is 80.4 Å². The summed E-state index contributed by atoms with van der Waals surface area (Å²) in [6, 6.07) is 10.0. The van der Waals surface area contributed by atoms with Crippen molar-refractivity contribution < 1.29 is 52.3 Å². The van der Waals surface area contributed by atoms with Crippen LogP contribution in [0.4, 0.5) is 0 Å². The van der Waals surface area contributed by atoms with Gasteiger partial charge in [0.1, 0.15) is 11.5 Å². The second-order valence-electron chi connectivity index (χ2n) is 6.31. The summed E-state index contributed by atoms with van der Waals surface area (Å²) in [4.78, 5) is 46.1. The Kier molecular flexibility index (Phi) is 10.8. The second-order valence-corrected chi connectivity index (χ2v) is 6.31. The van der Waals surface area contributed by atoms with Crippen molar-refractivity contribution in [2.24, 2.45) is 0 Å². The third-order valence-corrected chi connectivity index (χ3v) is 3.97. The molecule has 36 heavy (non-hydrogen) atoms. The molecule has 0 amide bonds. The molecule has 0 atom stereocenters. The van der Waals surface area contributed by atoms with Gasteiger partial charge in [-0.15, -0.1) is 0 Å². The van der Waals surface area contributed by atoms with Crippen LogP contribution in [-0.4, -0.2) is 44.3 Å². The van der Waals surface area contributed by atoms with E-state index in [9.17, 15) is 19.2 Å². The van der Waals surface area contributed by atoms with E-state index in [1.807, 2.05) is 0 Å². The monoisotopic (exact) mass is 498 g/mol. The van der Waals surface area contributed by atoms with Gasteiger partial charge in [-0.1, -0.05) is 19.7 Å². The minimum atomic E-state index is -0.735. The zero-order valence-electron chi connectivity index (χ0n) is 19.0. The topological polar surface area (TPSA) is 133 Å². The summed E-state index contributed by atoms with van der Waals surface area (Å²) in [6.45, 7) is 8.54. The van der Waals surface area contributed by atoms with Gasteiger partial charge in [0.05, 0.1) is 5.56 Å². The van der Waals surface area contributed by atoms with Crippen molar-refractivity contribution in [1.82, 2.24) is 0 Å². The number of hydrogen-bond acceptors (Lipinski definition) is 11. The van der Waals surface area contributed by atoms with Gasteiger partial charge >= 0.3 is 23.9 Å². The van der Waals surface area contributed by atoms with Crippen LogP contribution in [0.25, 0.3) is 0 Å². The zero-order valence-corrected chi connectivity index (χ0v) is 19.0. The van der Waals surface area contributed by atoms with Crippen LogP contribution in [0, 0.1) is 0 Å². The average molecular weight is 498 g/mol. The summed E-state index contributed by atoms with van der Waals surface area (Å²) in [5.41, 5.74) is 0.0761. The van der Waals surface area contributed by atoms with Crippen molar-refractivity contribution in [3.05, 3.63) is 86.0 Å². The maximum absolute atomic E-state index is 12.6. The highest BCUT2D eigenvalue weighted by Gasteiger charge is 2.15. The molecule has 2 aromatic rings. The molecule has 0 saturated carbocycles. The first kappa shape index (κ1) is 27.2. The van der Waals surface area contributed by atoms with E-state index < -0.39 is 37.5 Å². The normalized spacial score (nSPS) is 9.67. The lowest BCUT2D eigenvalue weighted by molar-refractivity contribution is -0.146. The number of esters is 4. The number of carbonyl (C=O) groups excluding carboxylic acids is 4. The Morgan fingerprint density at radius 3 is 1.61 bits per heavy atom. The van der Waals surface area contributed by atoms with Gasteiger partial charge in [0, 0.05) is 18.2 Å². The van der Waals surface area contributed by atoms with Crippen molar-refractivity contribution in [3.63, 3.8) is 0 Å². The smallest absolute Gasteiger partial charge is 0.343 e. The molecule has 0 aliphatic rings. The highest BCUT2D eigenvalue weighted by molar-refractivity contribution is 5.92. The van der Waals surface area contributed by atoms with Gasteiger partial charge in [0.25, 0.3) is 0 Å². The van der Waals surface area contributed by atoms with Gasteiger partial charge in [-0.05, 0) is 42.5 Å². The van der Waals surface area contributed by atoms with Crippen LogP contribution in [0.2, 0.25) is 0 Å². The Morgan fingerprint density at radius 2 is 1.08 bits per heavy atom. The largest absolute Gasteiger partial charge is 0.457 e. The number of hydrogen-bond donors (Lipinski definition) is 0. The maximum Gasteiger partial charge on any atom is 0.343 e. The molecular formula is C25H22O11. The summed E-state index contributed by atoms with van der Waals surface area (Å²) in [5, 5.41) is 0. The average Bonchev–Trinajstić information content (AvgIpc) is 2.89. The first-order valence-corrected chi connectivity index (χ1v) is 10.1. The van der Waals surface area contributed by atoms with Gasteiger partial charge in [-0.2, -0.15) is 0 Å². The van der Waals surface area contributed by atoms with Gasteiger partial charge in [-0.25, -0.2) is 19.2 Å². The van der Waals surface area contributed by atoms with E-state index in [4.69, 9.17) is 33.2 Å². The van der Waals surface area contributed by atoms with E-state index in [0.717, 1.165) is 18.2 Å². The van der Waals surface area contributed by atoms with Crippen LogP contribution in [-0.2, 0) is 28.6 Å². The molecule has 0 spiro atoms. The van der Waals surface area contributed by atoms with Crippen LogP contribution in [0.5, 0.6) is 23.0 Å². The van der Waals surface area contributed by atoms with E-state index in [2.05, 4.69) is 19.7 Å². The minimum Gasteiger partial charge on any atom is -0.457 e. The quantitative estimate of drug-likeness (QED) is 0.125. The lowest BCUT2D eigenvalue weighted by Gasteiger charge is -2.14. The number of ether oxygens (including phenoxy) is 7. The second kappa shape index (κ2) is 14.3. The number of rotatable bonds is 14. The molecule has 11 nitrogen and oxygen atoms in total. The molecule has 0 bridgehead atoms. The Morgan fingerprint density at radius 1 is 0.611 bits per heavy atom. The van der Waals surface area contributed by atoms with E-state index >= 15 is 0 Å². The highest BCUT2D eigenvalue weighted by Crippen LogP contribution is 2.29. The number of carbonyl (C=O) groups is 4. The molecule has 0 aromatic heterocycles. The fourth-order valence-corrected chi connectivity index (χ4v) is 2.27. The molecule has 2 aromatic carbocycles. The zero-order chi connectivity index (χ0) is 26.3. The van der Waals surface area contributed by atoms with Crippen LogP contribution < -0.4 is 18.9 Å². The molecule has 188 valence electrons. The molecule has 0 aliphatic heterocycles. The van der Waals surface area contributed by atoms with E-state index in [0.29, 0.717) is 5.75 Å². The van der Waals surface area contributed by atoms with Crippen molar-refractivity contribution in [2.75, 3.05) is 20.4 Å². The summed E-state index contributed by atoms with van der Waals surface area (Å²) in [6.07, 6.45) is 2.92. The molecule has 11 heteroatoms. The molecule has 0 radical (unpaired) electrons. The predicted molar refractivity (Wildman–Crippen MR) is 123 cm³/mol. The molecular weight excluding hydrogens is 476 g/mol. The summed E-state index contributed by atoms with van der Waals surface area (Å²) in [7, 11) is 0. The van der Waals surface area contributed by atoms with E-state index in [1.165, 1.54) is 42.5 Å². The maximum atomic E-state index is 12.6. The Hall–Kier alpha value is -5.06. The first-order chi connectivity index (χ1) is 17.4. The Balaban J connectivity index is 2.06. The molecule has 0 unspecified atom stereocenters. The third-order valence-electron chi connectivity index (χ3n) is 3.97. The van der Waals surface area contributed by atoms with Crippen molar-refractivity contribution in [3.8, 4) is 23.0 Å². The summed E-state index contributed by atoms with van der Waals surface area (Å²) < 4.78 is 35.5.